The molecule has 0 spiro atoms. The molecule has 0 radical (unpaired) electrons. The highest BCUT2D eigenvalue weighted by molar-refractivity contribution is 5.79. The number of nitrogens with two attached hydrogens (primary N) is 1. The van der Waals surface area contributed by atoms with E-state index >= 15 is 0 Å². The molecule has 4 nitrogen and oxygen atoms in total. The van der Waals surface area contributed by atoms with Crippen molar-refractivity contribution in [3.8, 4) is 0 Å². The third-order valence-corrected chi connectivity index (χ3v) is 4.22. The Bertz CT molecular complexity index is 268. The summed E-state index contributed by atoms with van der Waals surface area (Å²) in [6, 6.07) is 0.721. The summed E-state index contributed by atoms with van der Waals surface area (Å²) in [4.78, 5) is 14.4. The number of amides is 1. The number of carbonyl (C=O) groups is 1. The molecule has 106 valence electrons. The van der Waals surface area contributed by atoms with Crippen molar-refractivity contribution < 1.29 is 4.79 Å². The van der Waals surface area contributed by atoms with Gasteiger partial charge in [0.2, 0.25) is 5.91 Å². The Morgan fingerprint density at radius 3 is 2.72 bits per heavy atom. The predicted molar refractivity (Wildman–Crippen MR) is 75.3 cm³/mol. The second-order valence-electron chi connectivity index (χ2n) is 6.02. The van der Waals surface area contributed by atoms with Gasteiger partial charge in [-0.05, 0) is 46.1 Å². The lowest BCUT2D eigenvalue weighted by molar-refractivity contribution is -0.127. The van der Waals surface area contributed by atoms with Crippen LogP contribution in [-0.2, 0) is 4.79 Å². The van der Waals surface area contributed by atoms with Crippen molar-refractivity contribution in [2.45, 2.75) is 52.1 Å². The lowest BCUT2D eigenvalue weighted by Gasteiger charge is -2.31. The molecule has 18 heavy (non-hydrogen) atoms. The minimum absolute atomic E-state index is 0.109. The molecule has 1 fully saturated rings. The van der Waals surface area contributed by atoms with Crippen LogP contribution >= 0.6 is 0 Å². The second kappa shape index (κ2) is 7.10. The fourth-order valence-electron chi connectivity index (χ4n) is 2.46. The molecule has 0 bridgehead atoms. The zero-order chi connectivity index (χ0) is 13.7. The van der Waals surface area contributed by atoms with E-state index in [0.29, 0.717) is 12.0 Å². The number of nitrogens with zero attached hydrogens (tertiary/aromatic N) is 1. The van der Waals surface area contributed by atoms with Gasteiger partial charge in [0.1, 0.15) is 0 Å². The molecule has 3 N–H and O–H groups in total. The number of rotatable bonds is 5. The van der Waals surface area contributed by atoms with Crippen LogP contribution in [0.15, 0.2) is 0 Å². The Morgan fingerprint density at radius 1 is 1.44 bits per heavy atom. The van der Waals surface area contributed by atoms with Crippen molar-refractivity contribution in [3.05, 3.63) is 0 Å². The average Bonchev–Trinajstić information content (AvgIpc) is 2.31. The second-order valence-corrected chi connectivity index (χ2v) is 6.02. The fraction of sp³-hybridized carbons (Fsp3) is 0.929. The van der Waals surface area contributed by atoms with Gasteiger partial charge in [-0.15, -0.1) is 0 Å². The number of carbonyl (C=O) groups excluding carboxylic acids is 1. The molecule has 0 heterocycles. The topological polar surface area (TPSA) is 58.4 Å². The molecule has 1 aliphatic carbocycles. The lowest BCUT2D eigenvalue weighted by atomic mass is 9.78. The summed E-state index contributed by atoms with van der Waals surface area (Å²) in [6.45, 7) is 8.10. The van der Waals surface area contributed by atoms with E-state index in [0.717, 1.165) is 32.4 Å². The summed E-state index contributed by atoms with van der Waals surface area (Å²) in [5.41, 5.74) is 5.95. The van der Waals surface area contributed by atoms with Gasteiger partial charge in [0, 0.05) is 31.1 Å². The Labute approximate surface area is 111 Å². The van der Waals surface area contributed by atoms with E-state index in [1.165, 1.54) is 0 Å². The van der Waals surface area contributed by atoms with Crippen LogP contribution in [-0.4, -0.2) is 43.0 Å². The Kier molecular flexibility index (Phi) is 6.09. The van der Waals surface area contributed by atoms with Crippen LogP contribution < -0.4 is 11.1 Å². The molecular weight excluding hydrogens is 226 g/mol. The maximum Gasteiger partial charge on any atom is 0.223 e. The van der Waals surface area contributed by atoms with E-state index in [1.54, 1.807) is 0 Å². The maximum atomic E-state index is 12.1. The largest absolute Gasteiger partial charge is 0.355 e. The summed E-state index contributed by atoms with van der Waals surface area (Å²) in [7, 11) is 2.08. The van der Waals surface area contributed by atoms with Gasteiger partial charge in [0.25, 0.3) is 0 Å². The summed E-state index contributed by atoms with van der Waals surface area (Å²) < 4.78 is 0. The van der Waals surface area contributed by atoms with E-state index < -0.39 is 0 Å². The predicted octanol–water partition coefficient (Wildman–Crippen LogP) is 1.21. The van der Waals surface area contributed by atoms with Crippen molar-refractivity contribution in [1.29, 1.82) is 0 Å². The number of hydrogen-bond acceptors (Lipinski definition) is 3. The van der Waals surface area contributed by atoms with Crippen LogP contribution in [0.3, 0.4) is 0 Å². The molecule has 1 saturated carbocycles. The zero-order valence-electron chi connectivity index (χ0n) is 12.3. The summed E-state index contributed by atoms with van der Waals surface area (Å²) in [6.07, 6.45) is 2.97. The van der Waals surface area contributed by atoms with Crippen molar-refractivity contribution in [3.63, 3.8) is 0 Å². The van der Waals surface area contributed by atoms with Crippen LogP contribution in [0.1, 0.15) is 40.0 Å². The molecule has 1 amide bonds. The Morgan fingerprint density at radius 2 is 2.11 bits per heavy atom. The van der Waals surface area contributed by atoms with Crippen molar-refractivity contribution in [2.75, 3.05) is 20.1 Å². The number of likely N-dealkylation sites (N-methyl/N-ethyl adjacent to an activating group) is 1. The van der Waals surface area contributed by atoms with E-state index in [4.69, 9.17) is 5.73 Å². The third-order valence-electron chi connectivity index (χ3n) is 4.22. The smallest absolute Gasteiger partial charge is 0.223 e. The maximum absolute atomic E-state index is 12.1. The van der Waals surface area contributed by atoms with Gasteiger partial charge >= 0.3 is 0 Å². The third kappa shape index (κ3) is 4.58. The average molecular weight is 255 g/mol. The van der Waals surface area contributed by atoms with Gasteiger partial charge in [-0.1, -0.05) is 6.92 Å². The minimum atomic E-state index is 0.109. The molecule has 4 heteroatoms. The number of nitrogens with one attached hydrogen (secondary N) is 1. The van der Waals surface area contributed by atoms with Gasteiger partial charge < -0.3 is 16.0 Å². The molecule has 3 atom stereocenters. The van der Waals surface area contributed by atoms with Gasteiger partial charge in [-0.2, -0.15) is 0 Å². The van der Waals surface area contributed by atoms with Crippen LogP contribution in [0.25, 0.3) is 0 Å². The van der Waals surface area contributed by atoms with Crippen LogP contribution in [0, 0.1) is 11.8 Å². The first kappa shape index (κ1) is 15.4. The van der Waals surface area contributed by atoms with Crippen molar-refractivity contribution in [2.24, 2.45) is 17.6 Å². The van der Waals surface area contributed by atoms with Crippen molar-refractivity contribution in [1.82, 2.24) is 10.2 Å². The van der Waals surface area contributed by atoms with Gasteiger partial charge in [-0.3, -0.25) is 4.79 Å². The molecule has 0 aromatic rings. The van der Waals surface area contributed by atoms with Crippen molar-refractivity contribution >= 4 is 5.91 Å². The summed E-state index contributed by atoms with van der Waals surface area (Å²) >= 11 is 0. The van der Waals surface area contributed by atoms with Crippen LogP contribution in [0.4, 0.5) is 0 Å². The first-order chi connectivity index (χ1) is 8.41. The first-order valence-corrected chi connectivity index (χ1v) is 7.15. The molecule has 0 saturated heterocycles. The van der Waals surface area contributed by atoms with Crippen LogP contribution in [0.2, 0.25) is 0 Å². The molecule has 0 aromatic heterocycles. The van der Waals surface area contributed by atoms with E-state index in [2.05, 4.69) is 38.0 Å². The summed E-state index contributed by atoms with van der Waals surface area (Å²) in [5.74, 6) is 0.764. The molecule has 1 aliphatic rings. The molecular formula is C14H29N3O. The standard InChI is InChI=1S/C14H29N3O/c1-10(2)17(4)8-7-16-14(18)13-9-12(15)6-5-11(13)3/h10-13H,5-9,15H2,1-4H3,(H,16,18). The molecule has 0 aromatic carbocycles. The SMILES string of the molecule is CC1CCC(N)CC1C(=O)NCCN(C)C(C)C. The van der Waals surface area contributed by atoms with E-state index in [-0.39, 0.29) is 17.9 Å². The summed E-state index contributed by atoms with van der Waals surface area (Å²) in [5, 5.41) is 3.05. The van der Waals surface area contributed by atoms with E-state index in [9.17, 15) is 4.79 Å². The monoisotopic (exact) mass is 255 g/mol. The molecule has 3 unspecified atom stereocenters. The zero-order valence-corrected chi connectivity index (χ0v) is 12.3. The molecule has 0 aliphatic heterocycles. The van der Waals surface area contributed by atoms with Crippen LogP contribution in [0.5, 0.6) is 0 Å². The quantitative estimate of drug-likeness (QED) is 0.776. The van der Waals surface area contributed by atoms with Gasteiger partial charge in [-0.25, -0.2) is 0 Å². The normalized spacial score (nSPS) is 28.7. The fourth-order valence-corrected chi connectivity index (χ4v) is 2.46. The minimum Gasteiger partial charge on any atom is -0.355 e. The highest BCUT2D eigenvalue weighted by Crippen LogP contribution is 2.28. The highest BCUT2D eigenvalue weighted by Gasteiger charge is 2.30. The lowest BCUT2D eigenvalue weighted by Crippen LogP contribution is -2.44. The Hall–Kier alpha value is -0.610. The highest BCUT2D eigenvalue weighted by atomic mass is 16.1. The first-order valence-electron chi connectivity index (χ1n) is 7.15. The van der Waals surface area contributed by atoms with E-state index in [1.807, 2.05) is 0 Å². The number of hydrogen-bond donors (Lipinski definition) is 2. The molecule has 1 rings (SSSR count). The van der Waals surface area contributed by atoms with Gasteiger partial charge in [0.05, 0.1) is 0 Å². The Balaban J connectivity index is 2.31. The van der Waals surface area contributed by atoms with Gasteiger partial charge in [0.15, 0.2) is 0 Å².